The molecule has 0 aromatic heterocycles. The quantitative estimate of drug-likeness (QED) is 0.608. The minimum Gasteiger partial charge on any atom is -0.0988 e. The van der Waals surface area contributed by atoms with Crippen molar-refractivity contribution in [3.63, 3.8) is 0 Å². The molecule has 2 rings (SSSR count). The molecule has 0 spiro atoms. The Balaban J connectivity index is 2.57. The lowest BCUT2D eigenvalue weighted by molar-refractivity contribution is 1.46. The average Bonchev–Trinajstić information content (AvgIpc) is 2.43. The van der Waals surface area contributed by atoms with Gasteiger partial charge in [-0.1, -0.05) is 60.1 Å². The molecule has 0 bridgehead atoms. The number of allylic oxidation sites excluding steroid dienone is 2. The summed E-state index contributed by atoms with van der Waals surface area (Å²) < 4.78 is 0. The van der Waals surface area contributed by atoms with Gasteiger partial charge >= 0.3 is 0 Å². The van der Waals surface area contributed by atoms with Crippen LogP contribution >= 0.6 is 23.2 Å². The molecule has 0 amide bonds. The SMILES string of the molecule is C=CC(C)=C(c1ccc(Cl)cc1)c1ccc(Cl)cc1. The summed E-state index contributed by atoms with van der Waals surface area (Å²) in [7, 11) is 0. The van der Waals surface area contributed by atoms with Gasteiger partial charge in [-0.15, -0.1) is 0 Å². The molecule has 96 valence electrons. The van der Waals surface area contributed by atoms with Crippen molar-refractivity contribution in [2.24, 2.45) is 0 Å². The number of hydrogen-bond acceptors (Lipinski definition) is 0. The van der Waals surface area contributed by atoms with Gasteiger partial charge in [0.15, 0.2) is 0 Å². The maximum Gasteiger partial charge on any atom is 0.0406 e. The molecule has 0 aliphatic heterocycles. The van der Waals surface area contributed by atoms with Crippen LogP contribution in [0.3, 0.4) is 0 Å². The van der Waals surface area contributed by atoms with E-state index in [0.29, 0.717) is 0 Å². The normalized spacial score (nSPS) is 10.1. The predicted octanol–water partition coefficient (Wildman–Crippen LogP) is 6.00. The van der Waals surface area contributed by atoms with Crippen LogP contribution in [-0.4, -0.2) is 0 Å². The van der Waals surface area contributed by atoms with Gasteiger partial charge < -0.3 is 0 Å². The minimum atomic E-state index is 0.732. The van der Waals surface area contributed by atoms with Crippen molar-refractivity contribution in [3.05, 3.63) is 87.9 Å². The minimum absolute atomic E-state index is 0.732. The molecule has 0 saturated carbocycles. The summed E-state index contributed by atoms with van der Waals surface area (Å²) in [6, 6.07) is 15.6. The summed E-state index contributed by atoms with van der Waals surface area (Å²) in [5.74, 6) is 0. The van der Waals surface area contributed by atoms with Crippen LogP contribution in [0.25, 0.3) is 5.57 Å². The van der Waals surface area contributed by atoms with E-state index in [9.17, 15) is 0 Å². The molecule has 0 aliphatic rings. The second-order valence-electron chi connectivity index (χ2n) is 4.28. The van der Waals surface area contributed by atoms with E-state index in [1.165, 1.54) is 0 Å². The third-order valence-electron chi connectivity index (χ3n) is 2.97. The Labute approximate surface area is 124 Å². The third-order valence-corrected chi connectivity index (χ3v) is 3.47. The highest BCUT2D eigenvalue weighted by atomic mass is 35.5. The van der Waals surface area contributed by atoms with Crippen molar-refractivity contribution in [1.82, 2.24) is 0 Å². The Morgan fingerprint density at radius 1 is 0.842 bits per heavy atom. The molecule has 2 aromatic carbocycles. The van der Waals surface area contributed by atoms with Gasteiger partial charge in [0.25, 0.3) is 0 Å². The van der Waals surface area contributed by atoms with Crippen LogP contribution in [0, 0.1) is 0 Å². The molecule has 19 heavy (non-hydrogen) atoms. The first-order valence-electron chi connectivity index (χ1n) is 5.97. The van der Waals surface area contributed by atoms with Crippen molar-refractivity contribution in [2.45, 2.75) is 6.92 Å². The Bertz CT molecular complexity index is 557. The zero-order chi connectivity index (χ0) is 13.8. The summed E-state index contributed by atoms with van der Waals surface area (Å²) in [5, 5.41) is 1.46. The lowest BCUT2D eigenvalue weighted by atomic mass is 9.94. The van der Waals surface area contributed by atoms with E-state index in [2.05, 4.69) is 6.58 Å². The van der Waals surface area contributed by atoms with Crippen LogP contribution in [0.15, 0.2) is 66.8 Å². The van der Waals surface area contributed by atoms with E-state index in [4.69, 9.17) is 23.2 Å². The maximum absolute atomic E-state index is 5.94. The fraction of sp³-hybridized carbons (Fsp3) is 0.0588. The van der Waals surface area contributed by atoms with Gasteiger partial charge in [0, 0.05) is 10.0 Å². The molecule has 0 fully saturated rings. The topological polar surface area (TPSA) is 0 Å². The molecular formula is C17H14Cl2. The highest BCUT2D eigenvalue weighted by Crippen LogP contribution is 2.29. The zero-order valence-electron chi connectivity index (χ0n) is 10.7. The Morgan fingerprint density at radius 3 is 1.53 bits per heavy atom. The highest BCUT2D eigenvalue weighted by Gasteiger charge is 2.07. The first kappa shape index (κ1) is 13.9. The Morgan fingerprint density at radius 2 is 1.21 bits per heavy atom. The standard InChI is InChI=1S/C17H14Cl2/c1-3-12(2)17(13-4-8-15(18)9-5-13)14-6-10-16(19)11-7-14/h3-11H,1H2,2H3. The summed E-state index contributed by atoms with van der Waals surface area (Å²) in [6.45, 7) is 5.90. The molecule has 0 radical (unpaired) electrons. The van der Waals surface area contributed by atoms with Crippen LogP contribution in [-0.2, 0) is 0 Å². The average molecular weight is 289 g/mol. The summed E-state index contributed by atoms with van der Waals surface area (Å²) in [5.41, 5.74) is 4.49. The van der Waals surface area contributed by atoms with E-state index < -0.39 is 0 Å². The van der Waals surface area contributed by atoms with Crippen LogP contribution in [0.1, 0.15) is 18.1 Å². The van der Waals surface area contributed by atoms with Crippen molar-refractivity contribution < 1.29 is 0 Å². The van der Waals surface area contributed by atoms with E-state index in [-0.39, 0.29) is 0 Å². The number of rotatable bonds is 3. The molecule has 2 heteroatoms. The Hall–Kier alpha value is -1.50. The van der Waals surface area contributed by atoms with E-state index in [1.807, 2.05) is 61.5 Å². The molecule has 0 heterocycles. The third kappa shape index (κ3) is 3.28. The second-order valence-corrected chi connectivity index (χ2v) is 5.15. The van der Waals surface area contributed by atoms with Gasteiger partial charge in [0.2, 0.25) is 0 Å². The fourth-order valence-corrected chi connectivity index (χ4v) is 2.21. The predicted molar refractivity (Wildman–Crippen MR) is 84.8 cm³/mol. The fourth-order valence-electron chi connectivity index (χ4n) is 1.96. The van der Waals surface area contributed by atoms with Gasteiger partial charge in [-0.3, -0.25) is 0 Å². The van der Waals surface area contributed by atoms with Crippen molar-refractivity contribution in [1.29, 1.82) is 0 Å². The molecule has 0 aliphatic carbocycles. The van der Waals surface area contributed by atoms with Gasteiger partial charge in [-0.25, -0.2) is 0 Å². The van der Waals surface area contributed by atoms with Crippen molar-refractivity contribution >= 4 is 28.8 Å². The molecule has 0 saturated heterocycles. The van der Waals surface area contributed by atoms with E-state index in [1.54, 1.807) is 0 Å². The maximum atomic E-state index is 5.94. The van der Waals surface area contributed by atoms with Gasteiger partial charge in [0.05, 0.1) is 0 Å². The monoisotopic (exact) mass is 288 g/mol. The summed E-state index contributed by atoms with van der Waals surface area (Å²) in [4.78, 5) is 0. The molecular weight excluding hydrogens is 275 g/mol. The molecule has 0 atom stereocenters. The Kier molecular flexibility index (Phi) is 4.47. The van der Waals surface area contributed by atoms with Gasteiger partial charge in [-0.05, 0) is 53.5 Å². The molecule has 0 unspecified atom stereocenters. The first-order chi connectivity index (χ1) is 9.11. The van der Waals surface area contributed by atoms with Crippen LogP contribution in [0.5, 0.6) is 0 Å². The van der Waals surface area contributed by atoms with Gasteiger partial charge in [-0.2, -0.15) is 0 Å². The zero-order valence-corrected chi connectivity index (χ0v) is 12.2. The largest absolute Gasteiger partial charge is 0.0988 e. The first-order valence-corrected chi connectivity index (χ1v) is 6.72. The molecule has 0 N–H and O–H groups in total. The van der Waals surface area contributed by atoms with Crippen LogP contribution < -0.4 is 0 Å². The summed E-state index contributed by atoms with van der Waals surface area (Å²) in [6.07, 6.45) is 1.86. The van der Waals surface area contributed by atoms with Gasteiger partial charge in [0.1, 0.15) is 0 Å². The second kappa shape index (κ2) is 6.10. The smallest absolute Gasteiger partial charge is 0.0406 e. The van der Waals surface area contributed by atoms with Crippen molar-refractivity contribution in [2.75, 3.05) is 0 Å². The van der Waals surface area contributed by atoms with Crippen LogP contribution in [0.2, 0.25) is 10.0 Å². The number of benzene rings is 2. The molecule has 0 nitrogen and oxygen atoms in total. The number of halogens is 2. The van der Waals surface area contributed by atoms with Crippen molar-refractivity contribution in [3.8, 4) is 0 Å². The van der Waals surface area contributed by atoms with Crippen LogP contribution in [0.4, 0.5) is 0 Å². The number of hydrogen-bond donors (Lipinski definition) is 0. The van der Waals surface area contributed by atoms with E-state index >= 15 is 0 Å². The molecule has 2 aromatic rings. The lowest BCUT2D eigenvalue weighted by Gasteiger charge is -2.11. The highest BCUT2D eigenvalue weighted by molar-refractivity contribution is 6.31. The lowest BCUT2D eigenvalue weighted by Crippen LogP contribution is -1.91. The van der Waals surface area contributed by atoms with E-state index in [0.717, 1.165) is 32.3 Å². The summed E-state index contributed by atoms with van der Waals surface area (Å²) >= 11 is 11.9.